The molecule has 6 nitrogen and oxygen atoms in total. The van der Waals surface area contributed by atoms with Crippen LogP contribution in [-0.4, -0.2) is 30.4 Å². The van der Waals surface area contributed by atoms with Crippen LogP contribution >= 0.6 is 0 Å². The van der Waals surface area contributed by atoms with Crippen LogP contribution in [0, 0.1) is 5.92 Å². The topological polar surface area (TPSA) is 84.5 Å². The summed E-state index contributed by atoms with van der Waals surface area (Å²) in [5, 5.41) is 5.33. The number of nitrogens with one attached hydrogen (secondary N) is 2. The molecule has 0 saturated carbocycles. The minimum atomic E-state index is -0.612. The quantitative estimate of drug-likeness (QED) is 0.787. The summed E-state index contributed by atoms with van der Waals surface area (Å²) in [5.74, 6) is -0.881. The fourth-order valence-electron chi connectivity index (χ4n) is 1.60. The number of carbonyl (C=O) groups excluding carboxylic acids is 3. The van der Waals surface area contributed by atoms with Gasteiger partial charge in [0.2, 0.25) is 5.91 Å². The van der Waals surface area contributed by atoms with Crippen LogP contribution in [0.25, 0.3) is 0 Å². The molecule has 0 unspecified atom stereocenters. The molecule has 2 N–H and O–H groups in total. The molecule has 120 valence electrons. The van der Waals surface area contributed by atoms with Crippen LogP contribution in [0.1, 0.15) is 38.1 Å². The predicted octanol–water partition coefficient (Wildman–Crippen LogP) is 1.96. The molecule has 0 spiro atoms. The Hall–Kier alpha value is -2.37. The summed E-state index contributed by atoms with van der Waals surface area (Å²) in [6.07, 6.45) is 0. The number of ether oxygens (including phenoxy) is 1. The highest BCUT2D eigenvalue weighted by molar-refractivity contribution is 5.94. The van der Waals surface area contributed by atoms with Crippen LogP contribution < -0.4 is 10.6 Å². The van der Waals surface area contributed by atoms with Crippen molar-refractivity contribution in [1.82, 2.24) is 5.32 Å². The Labute approximate surface area is 130 Å². The van der Waals surface area contributed by atoms with Crippen LogP contribution in [0.5, 0.6) is 0 Å². The van der Waals surface area contributed by atoms with Crippen molar-refractivity contribution >= 4 is 23.5 Å². The van der Waals surface area contributed by atoms with Crippen LogP contribution in [0.4, 0.5) is 5.69 Å². The molecular formula is C16H22N2O4. The van der Waals surface area contributed by atoms with E-state index in [0.717, 1.165) is 0 Å². The smallest absolute Gasteiger partial charge is 0.338 e. The minimum absolute atomic E-state index is 0.00861. The zero-order valence-corrected chi connectivity index (χ0v) is 13.3. The van der Waals surface area contributed by atoms with E-state index >= 15 is 0 Å². The maximum absolute atomic E-state index is 11.9. The first-order valence-electron chi connectivity index (χ1n) is 7.13. The number of hydrogen-bond donors (Lipinski definition) is 2. The molecule has 1 rings (SSSR count). The van der Waals surface area contributed by atoms with E-state index in [1.807, 2.05) is 20.8 Å². The van der Waals surface area contributed by atoms with Gasteiger partial charge in [0.25, 0.3) is 5.91 Å². The molecule has 0 fully saturated rings. The summed E-state index contributed by atoms with van der Waals surface area (Å²) < 4.78 is 4.97. The summed E-state index contributed by atoms with van der Waals surface area (Å²) in [6.45, 7) is 6.92. The van der Waals surface area contributed by atoms with Gasteiger partial charge in [0.15, 0.2) is 6.61 Å². The van der Waals surface area contributed by atoms with Crippen molar-refractivity contribution < 1.29 is 19.1 Å². The number of benzene rings is 1. The van der Waals surface area contributed by atoms with E-state index in [4.69, 9.17) is 4.74 Å². The van der Waals surface area contributed by atoms with Gasteiger partial charge >= 0.3 is 5.97 Å². The second kappa shape index (κ2) is 8.17. The number of amides is 2. The molecule has 0 aliphatic carbocycles. The van der Waals surface area contributed by atoms with Crippen molar-refractivity contribution in [3.8, 4) is 0 Å². The molecule has 0 heterocycles. The molecule has 1 atom stereocenters. The summed E-state index contributed by atoms with van der Waals surface area (Å²) in [5.41, 5.74) is 0.774. The van der Waals surface area contributed by atoms with E-state index in [9.17, 15) is 14.4 Å². The van der Waals surface area contributed by atoms with Crippen molar-refractivity contribution in [3.63, 3.8) is 0 Å². The lowest BCUT2D eigenvalue weighted by Crippen LogP contribution is -2.38. The van der Waals surface area contributed by atoms with Gasteiger partial charge in [0.1, 0.15) is 0 Å². The highest BCUT2D eigenvalue weighted by Gasteiger charge is 2.14. The second-order valence-electron chi connectivity index (χ2n) is 5.44. The number of hydrogen-bond acceptors (Lipinski definition) is 4. The Morgan fingerprint density at radius 3 is 2.45 bits per heavy atom. The summed E-state index contributed by atoms with van der Waals surface area (Å²) in [6, 6.07) is 6.35. The van der Waals surface area contributed by atoms with Crippen LogP contribution in [0.2, 0.25) is 0 Å². The average Bonchev–Trinajstić information content (AvgIpc) is 2.44. The first kappa shape index (κ1) is 17.7. The second-order valence-corrected chi connectivity index (χ2v) is 5.44. The Bertz CT molecular complexity index is 555. The zero-order valence-electron chi connectivity index (χ0n) is 13.3. The molecule has 22 heavy (non-hydrogen) atoms. The van der Waals surface area contributed by atoms with Crippen LogP contribution in [-0.2, 0) is 14.3 Å². The molecule has 1 aromatic rings. The molecule has 6 heteroatoms. The molecule has 0 aliphatic heterocycles. The highest BCUT2D eigenvalue weighted by Crippen LogP contribution is 2.11. The Balaban J connectivity index is 2.55. The molecule has 0 bridgehead atoms. The maximum Gasteiger partial charge on any atom is 0.338 e. The van der Waals surface area contributed by atoms with Crippen molar-refractivity contribution in [2.24, 2.45) is 5.92 Å². The fraction of sp³-hybridized carbons (Fsp3) is 0.438. The monoisotopic (exact) mass is 306 g/mol. The van der Waals surface area contributed by atoms with Crippen LogP contribution in [0.15, 0.2) is 24.3 Å². The van der Waals surface area contributed by atoms with Gasteiger partial charge in [-0.1, -0.05) is 19.9 Å². The lowest BCUT2D eigenvalue weighted by atomic mass is 10.1. The van der Waals surface area contributed by atoms with Crippen LogP contribution in [0.3, 0.4) is 0 Å². The van der Waals surface area contributed by atoms with Gasteiger partial charge in [-0.2, -0.15) is 0 Å². The molecule has 2 amide bonds. The average molecular weight is 306 g/mol. The predicted molar refractivity (Wildman–Crippen MR) is 83.5 cm³/mol. The number of carbonyl (C=O) groups is 3. The van der Waals surface area contributed by atoms with Gasteiger partial charge in [0.05, 0.1) is 5.56 Å². The summed E-state index contributed by atoms with van der Waals surface area (Å²) >= 11 is 0. The normalized spacial score (nSPS) is 11.7. The number of esters is 1. The molecular weight excluding hydrogens is 284 g/mol. The third-order valence-electron chi connectivity index (χ3n) is 3.14. The highest BCUT2D eigenvalue weighted by atomic mass is 16.5. The van der Waals surface area contributed by atoms with E-state index in [0.29, 0.717) is 11.6 Å². The molecule has 0 aromatic heterocycles. The largest absolute Gasteiger partial charge is 0.452 e. The Kier molecular flexibility index (Phi) is 6.56. The van der Waals surface area contributed by atoms with Gasteiger partial charge in [-0.15, -0.1) is 0 Å². The van der Waals surface area contributed by atoms with Crippen molar-refractivity contribution in [2.75, 3.05) is 11.9 Å². The van der Waals surface area contributed by atoms with Crippen molar-refractivity contribution in [2.45, 2.75) is 33.7 Å². The van der Waals surface area contributed by atoms with Crippen molar-refractivity contribution in [3.05, 3.63) is 29.8 Å². The fourth-order valence-corrected chi connectivity index (χ4v) is 1.60. The van der Waals surface area contributed by atoms with E-state index in [2.05, 4.69) is 10.6 Å². The van der Waals surface area contributed by atoms with E-state index in [1.54, 1.807) is 18.2 Å². The molecule has 0 radical (unpaired) electrons. The first-order valence-corrected chi connectivity index (χ1v) is 7.13. The third kappa shape index (κ3) is 5.95. The van der Waals surface area contributed by atoms with Gasteiger partial charge in [0, 0.05) is 18.7 Å². The van der Waals surface area contributed by atoms with E-state index in [1.165, 1.54) is 13.0 Å². The first-order chi connectivity index (χ1) is 10.3. The van der Waals surface area contributed by atoms with Gasteiger partial charge < -0.3 is 15.4 Å². The third-order valence-corrected chi connectivity index (χ3v) is 3.14. The SMILES string of the molecule is CC(=O)Nc1cccc(C(=O)OCC(=O)N[C@H](C)C(C)C)c1. The maximum atomic E-state index is 11.9. The molecule has 1 aromatic carbocycles. The molecule has 0 aliphatic rings. The van der Waals surface area contributed by atoms with Crippen molar-refractivity contribution in [1.29, 1.82) is 0 Å². The summed E-state index contributed by atoms with van der Waals surface area (Å²) in [4.78, 5) is 34.5. The van der Waals surface area contributed by atoms with Gasteiger partial charge in [-0.05, 0) is 31.0 Å². The lowest BCUT2D eigenvalue weighted by Gasteiger charge is -2.17. The Morgan fingerprint density at radius 1 is 1.18 bits per heavy atom. The molecule has 0 saturated heterocycles. The van der Waals surface area contributed by atoms with Gasteiger partial charge in [-0.3, -0.25) is 9.59 Å². The lowest BCUT2D eigenvalue weighted by molar-refractivity contribution is -0.125. The number of anilines is 1. The van der Waals surface area contributed by atoms with Gasteiger partial charge in [-0.25, -0.2) is 4.79 Å². The van der Waals surface area contributed by atoms with E-state index < -0.39 is 5.97 Å². The standard InChI is InChI=1S/C16H22N2O4/c1-10(2)11(3)17-15(20)9-22-16(21)13-6-5-7-14(8-13)18-12(4)19/h5-8,10-11H,9H2,1-4H3,(H,17,20)(H,18,19)/t11-/m1/s1. The summed E-state index contributed by atoms with van der Waals surface area (Å²) in [7, 11) is 0. The Morgan fingerprint density at radius 2 is 1.86 bits per heavy atom. The zero-order chi connectivity index (χ0) is 16.7. The number of rotatable bonds is 6. The minimum Gasteiger partial charge on any atom is -0.452 e. The van der Waals surface area contributed by atoms with E-state index in [-0.39, 0.29) is 30.0 Å².